The molecule has 7 heteroatoms. The minimum Gasteiger partial charge on any atom is -0.444 e. The van der Waals surface area contributed by atoms with Gasteiger partial charge in [-0.3, -0.25) is 9.59 Å². The number of nitrogens with zero attached hydrogens (tertiary/aromatic N) is 1. The van der Waals surface area contributed by atoms with E-state index in [0.717, 1.165) is 24.0 Å². The summed E-state index contributed by atoms with van der Waals surface area (Å²) >= 11 is 0. The zero-order valence-electron chi connectivity index (χ0n) is 19.7. The fourth-order valence-electron chi connectivity index (χ4n) is 3.09. The van der Waals surface area contributed by atoms with Crippen molar-refractivity contribution in [3.05, 3.63) is 48.0 Å². The van der Waals surface area contributed by atoms with Crippen LogP contribution in [0.4, 0.5) is 4.79 Å². The molecule has 31 heavy (non-hydrogen) atoms. The first-order valence-corrected chi connectivity index (χ1v) is 10.8. The van der Waals surface area contributed by atoms with Crippen LogP contribution in [0, 0.1) is 6.92 Å². The van der Waals surface area contributed by atoms with E-state index in [-0.39, 0.29) is 12.5 Å². The zero-order valence-corrected chi connectivity index (χ0v) is 19.7. The molecular weight excluding hydrogens is 394 g/mol. The molecule has 1 aromatic rings. The molecular formula is C24H37N3O4. The lowest BCUT2D eigenvalue weighted by Crippen LogP contribution is -2.52. The number of carbonyl (C=O) groups excluding carboxylic acids is 3. The number of alkyl carbamates (subject to hydrolysis) is 1. The number of carbonyl (C=O) groups is 3. The molecule has 1 aromatic carbocycles. The second-order valence-electron chi connectivity index (χ2n) is 8.55. The normalized spacial score (nSPS) is 13.0. The Kier molecular flexibility index (Phi) is 10.3. The maximum absolute atomic E-state index is 13.3. The van der Waals surface area contributed by atoms with Crippen molar-refractivity contribution in [3.63, 3.8) is 0 Å². The van der Waals surface area contributed by atoms with E-state index in [4.69, 9.17) is 4.74 Å². The number of rotatable bonds is 10. The topological polar surface area (TPSA) is 87.7 Å². The SMILES string of the molecule is C=CCN(C(=O)C(C)NC(=O)OC(C)(C)C)C(C(=O)NCCCC)c1ccccc1C. The summed E-state index contributed by atoms with van der Waals surface area (Å²) in [4.78, 5) is 40.1. The molecule has 7 nitrogen and oxygen atoms in total. The number of aryl methyl sites for hydroxylation is 1. The molecule has 0 heterocycles. The predicted molar refractivity (Wildman–Crippen MR) is 123 cm³/mol. The fraction of sp³-hybridized carbons (Fsp3) is 0.542. The summed E-state index contributed by atoms with van der Waals surface area (Å²) in [6, 6.07) is 5.75. The number of ether oxygens (including phenoxy) is 1. The first-order chi connectivity index (χ1) is 14.5. The van der Waals surface area contributed by atoms with Crippen molar-refractivity contribution in [2.75, 3.05) is 13.1 Å². The van der Waals surface area contributed by atoms with Crippen molar-refractivity contribution in [2.45, 2.75) is 72.1 Å². The van der Waals surface area contributed by atoms with Crippen LogP contribution < -0.4 is 10.6 Å². The van der Waals surface area contributed by atoms with Crippen LogP contribution in [-0.2, 0) is 14.3 Å². The van der Waals surface area contributed by atoms with E-state index >= 15 is 0 Å². The van der Waals surface area contributed by atoms with Crippen molar-refractivity contribution < 1.29 is 19.1 Å². The molecule has 0 aliphatic carbocycles. The van der Waals surface area contributed by atoms with Crippen LogP contribution >= 0.6 is 0 Å². The summed E-state index contributed by atoms with van der Waals surface area (Å²) < 4.78 is 5.26. The van der Waals surface area contributed by atoms with Gasteiger partial charge in [0.1, 0.15) is 17.7 Å². The van der Waals surface area contributed by atoms with Crippen molar-refractivity contribution >= 4 is 17.9 Å². The molecule has 3 amide bonds. The molecule has 0 saturated carbocycles. The fourth-order valence-corrected chi connectivity index (χ4v) is 3.09. The summed E-state index contributed by atoms with van der Waals surface area (Å²) in [7, 11) is 0. The van der Waals surface area contributed by atoms with Crippen molar-refractivity contribution in [2.24, 2.45) is 0 Å². The Bertz CT molecular complexity index is 770. The van der Waals surface area contributed by atoms with Gasteiger partial charge in [-0.25, -0.2) is 4.79 Å². The van der Waals surface area contributed by atoms with Crippen LogP contribution in [0.1, 0.15) is 64.6 Å². The smallest absolute Gasteiger partial charge is 0.408 e. The highest BCUT2D eigenvalue weighted by Crippen LogP contribution is 2.25. The maximum atomic E-state index is 13.3. The van der Waals surface area contributed by atoms with Gasteiger partial charge in [0.2, 0.25) is 11.8 Å². The van der Waals surface area contributed by atoms with E-state index in [1.807, 2.05) is 38.1 Å². The third-order valence-corrected chi connectivity index (χ3v) is 4.59. The van der Waals surface area contributed by atoms with Gasteiger partial charge in [0, 0.05) is 13.1 Å². The molecule has 0 spiro atoms. The first kappa shape index (κ1) is 26.2. The monoisotopic (exact) mass is 431 g/mol. The number of nitrogens with one attached hydrogen (secondary N) is 2. The molecule has 2 unspecified atom stereocenters. The molecule has 0 fully saturated rings. The molecule has 0 aliphatic heterocycles. The van der Waals surface area contributed by atoms with Gasteiger partial charge in [-0.1, -0.05) is 43.7 Å². The lowest BCUT2D eigenvalue weighted by Gasteiger charge is -2.33. The molecule has 0 radical (unpaired) electrons. The van der Waals surface area contributed by atoms with Crippen LogP contribution in [0.5, 0.6) is 0 Å². The number of hydrogen-bond acceptors (Lipinski definition) is 4. The number of benzene rings is 1. The highest BCUT2D eigenvalue weighted by molar-refractivity contribution is 5.92. The van der Waals surface area contributed by atoms with Crippen LogP contribution in [0.15, 0.2) is 36.9 Å². The molecule has 0 aromatic heterocycles. The lowest BCUT2D eigenvalue weighted by atomic mass is 9.98. The third kappa shape index (κ3) is 8.44. The van der Waals surface area contributed by atoms with Crippen molar-refractivity contribution in [1.82, 2.24) is 15.5 Å². The van der Waals surface area contributed by atoms with E-state index in [1.165, 1.54) is 4.90 Å². The van der Waals surface area contributed by atoms with Gasteiger partial charge in [-0.05, 0) is 52.2 Å². The second kappa shape index (κ2) is 12.1. The molecule has 0 bridgehead atoms. The summed E-state index contributed by atoms with van der Waals surface area (Å²) in [5, 5.41) is 5.50. The zero-order chi connectivity index (χ0) is 23.6. The van der Waals surface area contributed by atoms with Crippen LogP contribution in [0.25, 0.3) is 0 Å². The second-order valence-corrected chi connectivity index (χ2v) is 8.55. The van der Waals surface area contributed by atoms with Crippen molar-refractivity contribution in [3.8, 4) is 0 Å². The maximum Gasteiger partial charge on any atom is 0.408 e. The standard InChI is InChI=1S/C24H37N3O4/c1-8-10-15-25-21(28)20(19-14-12-11-13-17(19)3)27(16-9-2)22(29)18(4)26-23(30)31-24(5,6)7/h9,11-14,18,20H,2,8,10,15-16H2,1,3-7H3,(H,25,28)(H,26,30). The van der Waals surface area contributed by atoms with Gasteiger partial charge in [0.05, 0.1) is 0 Å². The van der Waals surface area contributed by atoms with E-state index in [0.29, 0.717) is 6.54 Å². The Balaban J connectivity index is 3.21. The van der Waals surface area contributed by atoms with E-state index in [2.05, 4.69) is 17.2 Å². The quantitative estimate of drug-likeness (QED) is 0.435. The summed E-state index contributed by atoms with van der Waals surface area (Å²) in [6.45, 7) is 15.2. The molecule has 0 aliphatic rings. The van der Waals surface area contributed by atoms with Gasteiger partial charge in [0.15, 0.2) is 0 Å². The average Bonchev–Trinajstić information content (AvgIpc) is 2.67. The lowest BCUT2D eigenvalue weighted by molar-refractivity contribution is -0.141. The van der Waals surface area contributed by atoms with Gasteiger partial charge in [0.25, 0.3) is 0 Å². The van der Waals surface area contributed by atoms with Crippen LogP contribution in [-0.4, -0.2) is 47.5 Å². The van der Waals surface area contributed by atoms with Gasteiger partial charge in [-0.15, -0.1) is 6.58 Å². The Morgan fingerprint density at radius 3 is 2.42 bits per heavy atom. The van der Waals surface area contributed by atoms with Gasteiger partial charge < -0.3 is 20.3 Å². The predicted octanol–water partition coefficient (Wildman–Crippen LogP) is 3.88. The molecule has 2 atom stereocenters. The van der Waals surface area contributed by atoms with Crippen LogP contribution in [0.2, 0.25) is 0 Å². The first-order valence-electron chi connectivity index (χ1n) is 10.8. The minimum atomic E-state index is -0.884. The molecule has 2 N–H and O–H groups in total. The Labute approximate surface area is 186 Å². The number of amides is 3. The Morgan fingerprint density at radius 2 is 1.87 bits per heavy atom. The van der Waals surface area contributed by atoms with E-state index in [9.17, 15) is 14.4 Å². The van der Waals surface area contributed by atoms with Gasteiger partial charge >= 0.3 is 6.09 Å². The summed E-state index contributed by atoms with van der Waals surface area (Å²) in [6.07, 6.45) is 2.68. The minimum absolute atomic E-state index is 0.152. The highest BCUT2D eigenvalue weighted by Gasteiger charge is 2.34. The Hall–Kier alpha value is -2.83. The highest BCUT2D eigenvalue weighted by atomic mass is 16.6. The number of unbranched alkanes of at least 4 members (excludes halogenated alkanes) is 1. The Morgan fingerprint density at radius 1 is 1.23 bits per heavy atom. The third-order valence-electron chi connectivity index (χ3n) is 4.59. The van der Waals surface area contributed by atoms with Gasteiger partial charge in [-0.2, -0.15) is 0 Å². The van der Waals surface area contributed by atoms with E-state index in [1.54, 1.807) is 33.8 Å². The molecule has 1 rings (SSSR count). The molecule has 0 saturated heterocycles. The summed E-state index contributed by atoms with van der Waals surface area (Å²) in [5.74, 6) is -0.660. The molecule has 172 valence electrons. The van der Waals surface area contributed by atoms with Crippen molar-refractivity contribution in [1.29, 1.82) is 0 Å². The van der Waals surface area contributed by atoms with Crippen LogP contribution in [0.3, 0.4) is 0 Å². The van der Waals surface area contributed by atoms with E-state index < -0.39 is 29.7 Å². The average molecular weight is 432 g/mol. The number of hydrogen-bond donors (Lipinski definition) is 2. The largest absolute Gasteiger partial charge is 0.444 e. The summed E-state index contributed by atoms with van der Waals surface area (Å²) in [5.41, 5.74) is 0.945.